The maximum atomic E-state index is 12.7. The standard InChI is InChI=1S/C20H23N3O2/c1-23-12-8-20(9-13-23)14-17(16-4-2-3-5-18(16)25-20)22-19(24)15-6-10-21-11-7-15/h2-7,10-11,17H,8-9,12-14H2,1H3,(H,22,24)/t17-/m0/s1. The molecule has 1 N–H and O–H groups in total. The van der Waals surface area contributed by atoms with Gasteiger partial charge < -0.3 is 15.0 Å². The predicted molar refractivity (Wildman–Crippen MR) is 95.6 cm³/mol. The molecule has 1 aromatic heterocycles. The molecular weight excluding hydrogens is 314 g/mol. The first kappa shape index (κ1) is 16.1. The van der Waals surface area contributed by atoms with Crippen molar-refractivity contribution in [2.45, 2.75) is 30.9 Å². The maximum Gasteiger partial charge on any atom is 0.251 e. The molecule has 2 aromatic rings. The van der Waals surface area contributed by atoms with Crippen molar-refractivity contribution in [3.8, 4) is 5.75 Å². The van der Waals surface area contributed by atoms with Crippen LogP contribution < -0.4 is 10.1 Å². The number of rotatable bonds is 2. The van der Waals surface area contributed by atoms with Gasteiger partial charge in [-0.15, -0.1) is 0 Å². The third-order valence-corrected chi connectivity index (χ3v) is 5.34. The fourth-order valence-electron chi connectivity index (χ4n) is 3.82. The lowest BCUT2D eigenvalue weighted by Gasteiger charge is -2.46. The van der Waals surface area contributed by atoms with Gasteiger partial charge in [0.05, 0.1) is 6.04 Å². The maximum absolute atomic E-state index is 12.7. The zero-order valence-electron chi connectivity index (χ0n) is 14.4. The number of nitrogens with one attached hydrogen (secondary N) is 1. The molecule has 0 unspecified atom stereocenters. The van der Waals surface area contributed by atoms with Crippen molar-refractivity contribution in [2.75, 3.05) is 20.1 Å². The van der Waals surface area contributed by atoms with Crippen molar-refractivity contribution in [1.82, 2.24) is 15.2 Å². The number of benzene rings is 1. The molecule has 1 saturated heterocycles. The Morgan fingerprint density at radius 3 is 2.68 bits per heavy atom. The van der Waals surface area contributed by atoms with Gasteiger partial charge in [-0.2, -0.15) is 0 Å². The van der Waals surface area contributed by atoms with Crippen LogP contribution in [-0.4, -0.2) is 41.5 Å². The summed E-state index contributed by atoms with van der Waals surface area (Å²) in [6.45, 7) is 2.04. The van der Waals surface area contributed by atoms with Gasteiger partial charge in [0.15, 0.2) is 0 Å². The normalized spacial score (nSPS) is 22.0. The van der Waals surface area contributed by atoms with Crippen LogP contribution in [0.3, 0.4) is 0 Å². The van der Waals surface area contributed by atoms with Crippen molar-refractivity contribution >= 4 is 5.91 Å². The van der Waals surface area contributed by atoms with Crippen LogP contribution in [0.15, 0.2) is 48.8 Å². The van der Waals surface area contributed by atoms with Gasteiger partial charge in [-0.1, -0.05) is 18.2 Å². The molecule has 1 aromatic carbocycles. The van der Waals surface area contributed by atoms with Crippen molar-refractivity contribution in [3.05, 3.63) is 59.9 Å². The lowest BCUT2D eigenvalue weighted by Crippen LogP contribution is -2.51. The molecular formula is C20H23N3O2. The number of fused-ring (bicyclic) bond motifs is 1. The summed E-state index contributed by atoms with van der Waals surface area (Å²) in [6, 6.07) is 11.5. The number of aromatic nitrogens is 1. The summed E-state index contributed by atoms with van der Waals surface area (Å²) >= 11 is 0. The van der Waals surface area contributed by atoms with Crippen LogP contribution >= 0.6 is 0 Å². The van der Waals surface area contributed by atoms with E-state index < -0.39 is 0 Å². The average molecular weight is 337 g/mol. The molecule has 1 atom stereocenters. The topological polar surface area (TPSA) is 54.5 Å². The zero-order chi connectivity index (χ0) is 17.3. The summed E-state index contributed by atoms with van der Waals surface area (Å²) in [6.07, 6.45) is 6.07. The molecule has 1 fully saturated rings. The van der Waals surface area contributed by atoms with Gasteiger partial charge in [0.25, 0.3) is 5.91 Å². The van der Waals surface area contributed by atoms with Gasteiger partial charge in [-0.3, -0.25) is 9.78 Å². The van der Waals surface area contributed by atoms with E-state index in [1.807, 2.05) is 18.2 Å². The van der Waals surface area contributed by atoms with E-state index in [-0.39, 0.29) is 17.6 Å². The second-order valence-electron chi connectivity index (χ2n) is 7.09. The summed E-state index contributed by atoms with van der Waals surface area (Å²) in [7, 11) is 2.15. The summed E-state index contributed by atoms with van der Waals surface area (Å²) in [5.74, 6) is 0.838. The molecule has 1 amide bonds. The van der Waals surface area contributed by atoms with E-state index in [4.69, 9.17) is 4.74 Å². The third-order valence-electron chi connectivity index (χ3n) is 5.34. The van der Waals surface area contributed by atoms with E-state index in [0.29, 0.717) is 5.56 Å². The van der Waals surface area contributed by atoms with Crippen LogP contribution in [-0.2, 0) is 0 Å². The Labute approximate surface area is 148 Å². The molecule has 130 valence electrons. The number of hydrogen-bond acceptors (Lipinski definition) is 4. The van der Waals surface area contributed by atoms with E-state index in [2.05, 4.69) is 28.3 Å². The molecule has 4 rings (SSSR count). The van der Waals surface area contributed by atoms with Crippen LogP contribution in [0.4, 0.5) is 0 Å². The van der Waals surface area contributed by atoms with Gasteiger partial charge in [-0.25, -0.2) is 0 Å². The minimum absolute atomic E-state index is 0.0333. The van der Waals surface area contributed by atoms with Crippen LogP contribution in [0, 0.1) is 0 Å². The number of para-hydroxylation sites is 1. The summed E-state index contributed by atoms with van der Waals surface area (Å²) in [4.78, 5) is 19.0. The van der Waals surface area contributed by atoms with Crippen LogP contribution in [0.5, 0.6) is 5.75 Å². The zero-order valence-corrected chi connectivity index (χ0v) is 14.4. The molecule has 0 radical (unpaired) electrons. The van der Waals surface area contributed by atoms with Crippen molar-refractivity contribution in [1.29, 1.82) is 0 Å². The van der Waals surface area contributed by atoms with Crippen molar-refractivity contribution < 1.29 is 9.53 Å². The molecule has 3 heterocycles. The highest BCUT2D eigenvalue weighted by Gasteiger charge is 2.43. The Hall–Kier alpha value is -2.40. The van der Waals surface area contributed by atoms with Crippen molar-refractivity contribution in [3.63, 3.8) is 0 Å². The summed E-state index contributed by atoms with van der Waals surface area (Å²) < 4.78 is 6.44. The van der Waals surface area contributed by atoms with Gasteiger partial charge in [0.2, 0.25) is 0 Å². The van der Waals surface area contributed by atoms with Gasteiger partial charge in [0.1, 0.15) is 11.4 Å². The first-order valence-electron chi connectivity index (χ1n) is 8.83. The van der Waals surface area contributed by atoms with E-state index in [0.717, 1.165) is 43.7 Å². The van der Waals surface area contributed by atoms with Crippen molar-refractivity contribution in [2.24, 2.45) is 0 Å². The summed E-state index contributed by atoms with van der Waals surface area (Å²) in [5, 5.41) is 3.21. The SMILES string of the molecule is CN1CCC2(CC1)C[C@H](NC(=O)c1ccncc1)c1ccccc1O2. The Balaban J connectivity index is 1.60. The predicted octanol–water partition coefficient (Wildman–Crippen LogP) is 2.80. The second-order valence-corrected chi connectivity index (χ2v) is 7.09. The Kier molecular flexibility index (Phi) is 4.17. The van der Waals surface area contributed by atoms with Crippen LogP contribution in [0.25, 0.3) is 0 Å². The lowest BCUT2D eigenvalue weighted by atomic mass is 9.80. The average Bonchev–Trinajstić information content (AvgIpc) is 2.65. The monoisotopic (exact) mass is 337 g/mol. The largest absolute Gasteiger partial charge is 0.487 e. The van der Waals surface area contributed by atoms with Gasteiger partial charge in [-0.05, 0) is 38.1 Å². The highest BCUT2D eigenvalue weighted by molar-refractivity contribution is 5.94. The fraction of sp³-hybridized carbons (Fsp3) is 0.400. The highest BCUT2D eigenvalue weighted by Crippen LogP contribution is 2.44. The number of carbonyl (C=O) groups is 1. The minimum atomic E-state index is -0.183. The molecule has 2 aliphatic heterocycles. The van der Waals surface area contributed by atoms with Crippen LogP contribution in [0.1, 0.15) is 41.2 Å². The van der Waals surface area contributed by atoms with E-state index in [9.17, 15) is 4.79 Å². The molecule has 0 bridgehead atoms. The lowest BCUT2D eigenvalue weighted by molar-refractivity contribution is -0.0195. The first-order valence-corrected chi connectivity index (χ1v) is 8.83. The Morgan fingerprint density at radius 2 is 1.92 bits per heavy atom. The molecule has 1 spiro atoms. The van der Waals surface area contributed by atoms with E-state index >= 15 is 0 Å². The second kappa shape index (κ2) is 6.48. The van der Waals surface area contributed by atoms with E-state index in [1.54, 1.807) is 24.5 Å². The molecule has 0 saturated carbocycles. The molecule has 5 heteroatoms. The number of likely N-dealkylation sites (tertiary alicyclic amines) is 1. The number of amides is 1. The van der Waals surface area contributed by atoms with Crippen LogP contribution in [0.2, 0.25) is 0 Å². The van der Waals surface area contributed by atoms with Gasteiger partial charge in [0, 0.05) is 43.0 Å². The molecule has 0 aliphatic carbocycles. The Morgan fingerprint density at radius 1 is 1.20 bits per heavy atom. The quantitative estimate of drug-likeness (QED) is 0.915. The minimum Gasteiger partial charge on any atom is -0.487 e. The van der Waals surface area contributed by atoms with E-state index in [1.165, 1.54) is 0 Å². The number of hydrogen-bond donors (Lipinski definition) is 1. The molecule has 25 heavy (non-hydrogen) atoms. The first-order chi connectivity index (χ1) is 12.2. The number of piperidine rings is 1. The molecule has 2 aliphatic rings. The highest BCUT2D eigenvalue weighted by atomic mass is 16.5. The number of nitrogens with zero attached hydrogens (tertiary/aromatic N) is 2. The Bertz CT molecular complexity index is 755. The fourth-order valence-corrected chi connectivity index (χ4v) is 3.82. The molecule has 5 nitrogen and oxygen atoms in total. The summed E-state index contributed by atoms with van der Waals surface area (Å²) in [5.41, 5.74) is 1.52. The van der Waals surface area contributed by atoms with Gasteiger partial charge >= 0.3 is 0 Å². The smallest absolute Gasteiger partial charge is 0.251 e. The number of ether oxygens (including phenoxy) is 1. The third kappa shape index (κ3) is 3.24. The number of carbonyl (C=O) groups excluding carboxylic acids is 1. The number of pyridine rings is 1.